The van der Waals surface area contributed by atoms with E-state index in [0.717, 1.165) is 17.6 Å². The molecule has 1 aromatic carbocycles. The third kappa shape index (κ3) is 2.76. The van der Waals surface area contributed by atoms with Gasteiger partial charge in [-0.25, -0.2) is 12.8 Å². The number of hydrogen-bond acceptors (Lipinski definition) is 3. The van der Waals surface area contributed by atoms with Gasteiger partial charge < -0.3 is 0 Å². The minimum absolute atomic E-state index is 0.190. The third-order valence-corrected chi connectivity index (χ3v) is 5.59. The lowest BCUT2D eigenvalue weighted by atomic mass is 10.3. The fourth-order valence-corrected chi connectivity index (χ4v) is 4.39. The van der Waals surface area contributed by atoms with Crippen LogP contribution in [0, 0.1) is 5.82 Å². The van der Waals surface area contributed by atoms with E-state index in [9.17, 15) is 12.8 Å². The summed E-state index contributed by atoms with van der Waals surface area (Å²) in [6, 6.07) is 3.62. The van der Waals surface area contributed by atoms with Gasteiger partial charge in [-0.05, 0) is 18.2 Å². The molecule has 0 N–H and O–H groups in total. The number of halogens is 2. The summed E-state index contributed by atoms with van der Waals surface area (Å²) in [4.78, 5) is -0.297. The van der Waals surface area contributed by atoms with Gasteiger partial charge in [0.2, 0.25) is 10.0 Å². The molecule has 2 rings (SSSR count). The van der Waals surface area contributed by atoms with Gasteiger partial charge in [0.15, 0.2) is 0 Å². The van der Waals surface area contributed by atoms with E-state index >= 15 is 0 Å². The number of rotatable bonds is 2. The molecule has 1 saturated heterocycles. The molecule has 0 aliphatic carbocycles. The zero-order valence-corrected chi connectivity index (χ0v) is 11.3. The van der Waals surface area contributed by atoms with Crippen LogP contribution in [-0.2, 0) is 10.0 Å². The summed E-state index contributed by atoms with van der Waals surface area (Å²) < 4.78 is 39.2. The molecule has 0 radical (unpaired) electrons. The predicted molar refractivity (Wildman–Crippen MR) is 67.5 cm³/mol. The number of nitrogens with zero attached hydrogens (tertiary/aromatic N) is 1. The van der Waals surface area contributed by atoms with Crippen molar-refractivity contribution in [1.29, 1.82) is 0 Å². The van der Waals surface area contributed by atoms with Gasteiger partial charge in [-0.2, -0.15) is 16.1 Å². The maximum Gasteiger partial charge on any atom is 0.246 e. The Morgan fingerprint density at radius 1 is 1.29 bits per heavy atom. The first-order chi connectivity index (χ1) is 8.01. The molecule has 0 bridgehead atoms. The third-order valence-electron chi connectivity index (χ3n) is 2.48. The summed E-state index contributed by atoms with van der Waals surface area (Å²) in [5, 5.41) is 0.190. The molecule has 17 heavy (non-hydrogen) atoms. The molecule has 7 heteroatoms. The van der Waals surface area contributed by atoms with Crippen LogP contribution in [0.3, 0.4) is 0 Å². The average molecular weight is 296 g/mol. The molecule has 1 fully saturated rings. The van der Waals surface area contributed by atoms with E-state index < -0.39 is 15.8 Å². The van der Waals surface area contributed by atoms with Crippen molar-refractivity contribution in [3.05, 3.63) is 29.0 Å². The lowest BCUT2D eigenvalue weighted by Gasteiger charge is -2.25. The minimum atomic E-state index is -3.72. The van der Waals surface area contributed by atoms with Crippen molar-refractivity contribution in [2.45, 2.75) is 4.90 Å². The zero-order valence-electron chi connectivity index (χ0n) is 8.90. The van der Waals surface area contributed by atoms with Crippen LogP contribution in [-0.4, -0.2) is 37.3 Å². The second-order valence-corrected chi connectivity index (χ2v) is 7.16. The summed E-state index contributed by atoms with van der Waals surface area (Å²) in [7, 11) is -3.72. The fourth-order valence-electron chi connectivity index (χ4n) is 1.61. The molecule has 1 aromatic rings. The summed E-state index contributed by atoms with van der Waals surface area (Å²) in [6.07, 6.45) is 0. The lowest BCUT2D eigenvalue weighted by Crippen LogP contribution is -2.38. The molecule has 0 saturated carbocycles. The topological polar surface area (TPSA) is 37.4 Å². The highest BCUT2D eigenvalue weighted by Crippen LogP contribution is 2.24. The molecule has 1 heterocycles. The van der Waals surface area contributed by atoms with Crippen LogP contribution < -0.4 is 0 Å². The van der Waals surface area contributed by atoms with E-state index in [1.807, 2.05) is 0 Å². The van der Waals surface area contributed by atoms with Crippen molar-refractivity contribution < 1.29 is 12.8 Å². The molecule has 0 atom stereocenters. The molecule has 0 unspecified atom stereocenters. The first-order valence-electron chi connectivity index (χ1n) is 5.05. The van der Waals surface area contributed by atoms with E-state index in [2.05, 4.69) is 0 Å². The minimum Gasteiger partial charge on any atom is -0.207 e. The fraction of sp³-hybridized carbons (Fsp3) is 0.400. The summed E-state index contributed by atoms with van der Waals surface area (Å²) in [6.45, 7) is 0.851. The van der Waals surface area contributed by atoms with Crippen molar-refractivity contribution >= 4 is 33.4 Å². The predicted octanol–water partition coefficient (Wildman–Crippen LogP) is 2.22. The molecule has 0 aromatic heterocycles. The van der Waals surface area contributed by atoms with E-state index in [1.54, 1.807) is 11.8 Å². The number of sulfonamides is 1. The zero-order chi connectivity index (χ0) is 12.5. The maximum atomic E-state index is 13.6. The Kier molecular flexibility index (Phi) is 3.97. The van der Waals surface area contributed by atoms with E-state index in [-0.39, 0.29) is 9.92 Å². The van der Waals surface area contributed by atoms with Crippen LogP contribution in [0.5, 0.6) is 0 Å². The van der Waals surface area contributed by atoms with Crippen molar-refractivity contribution in [2.24, 2.45) is 0 Å². The molecular weight excluding hydrogens is 285 g/mol. The van der Waals surface area contributed by atoms with Crippen LogP contribution in [0.15, 0.2) is 23.1 Å². The van der Waals surface area contributed by atoms with Crippen LogP contribution in [0.2, 0.25) is 5.02 Å². The van der Waals surface area contributed by atoms with Gasteiger partial charge in [0.1, 0.15) is 10.7 Å². The highest BCUT2D eigenvalue weighted by Gasteiger charge is 2.28. The van der Waals surface area contributed by atoms with Crippen molar-refractivity contribution in [2.75, 3.05) is 24.6 Å². The maximum absolute atomic E-state index is 13.6. The number of benzene rings is 1. The molecule has 0 spiro atoms. The van der Waals surface area contributed by atoms with Gasteiger partial charge in [-0.3, -0.25) is 0 Å². The number of hydrogen-bond donors (Lipinski definition) is 0. The molecule has 94 valence electrons. The summed E-state index contributed by atoms with van der Waals surface area (Å²) in [5.74, 6) is 0.693. The Morgan fingerprint density at radius 3 is 2.53 bits per heavy atom. The van der Waals surface area contributed by atoms with Crippen LogP contribution >= 0.6 is 23.4 Å². The second kappa shape index (κ2) is 5.14. The normalized spacial score (nSPS) is 18.2. The van der Waals surface area contributed by atoms with Gasteiger partial charge in [0, 0.05) is 29.6 Å². The van der Waals surface area contributed by atoms with Gasteiger partial charge >= 0.3 is 0 Å². The van der Waals surface area contributed by atoms with Gasteiger partial charge in [0.05, 0.1) is 0 Å². The quantitative estimate of drug-likeness (QED) is 0.839. The first-order valence-corrected chi connectivity index (χ1v) is 8.02. The summed E-state index contributed by atoms with van der Waals surface area (Å²) >= 11 is 7.30. The monoisotopic (exact) mass is 295 g/mol. The summed E-state index contributed by atoms with van der Waals surface area (Å²) in [5.41, 5.74) is 0. The van der Waals surface area contributed by atoms with Crippen LogP contribution in [0.1, 0.15) is 0 Å². The second-order valence-electron chi connectivity index (χ2n) is 3.59. The Labute approximate surface area is 109 Å². The molecule has 1 aliphatic rings. The van der Waals surface area contributed by atoms with Crippen molar-refractivity contribution in [3.63, 3.8) is 0 Å². The smallest absolute Gasteiger partial charge is 0.207 e. The highest BCUT2D eigenvalue weighted by atomic mass is 35.5. The lowest BCUT2D eigenvalue weighted by molar-refractivity contribution is 0.438. The molecule has 3 nitrogen and oxygen atoms in total. The average Bonchev–Trinajstić information content (AvgIpc) is 2.29. The first kappa shape index (κ1) is 13.1. The Bertz CT molecular complexity index is 515. The van der Waals surface area contributed by atoms with Crippen LogP contribution in [0.25, 0.3) is 0 Å². The SMILES string of the molecule is O=S(=O)(c1ccc(Cl)cc1F)N1CCSCC1. The number of thioether (sulfide) groups is 1. The molecular formula is C10H11ClFNO2S2. The molecule has 0 amide bonds. The van der Waals surface area contributed by atoms with Crippen LogP contribution in [0.4, 0.5) is 4.39 Å². The van der Waals surface area contributed by atoms with E-state index in [4.69, 9.17) is 11.6 Å². The van der Waals surface area contributed by atoms with Gasteiger partial charge in [-0.1, -0.05) is 11.6 Å². The standard InChI is InChI=1S/C10H11ClFNO2S2/c11-8-1-2-10(9(12)7-8)17(14,15)13-3-5-16-6-4-13/h1-2,7H,3-6H2. The van der Waals surface area contributed by atoms with E-state index in [0.29, 0.717) is 13.1 Å². The van der Waals surface area contributed by atoms with Crippen molar-refractivity contribution in [3.8, 4) is 0 Å². The Balaban J connectivity index is 2.37. The Morgan fingerprint density at radius 2 is 1.94 bits per heavy atom. The van der Waals surface area contributed by atoms with Gasteiger partial charge in [0.25, 0.3) is 0 Å². The van der Waals surface area contributed by atoms with Gasteiger partial charge in [-0.15, -0.1) is 0 Å². The molecule has 1 aliphatic heterocycles. The van der Waals surface area contributed by atoms with Crippen molar-refractivity contribution in [1.82, 2.24) is 4.31 Å². The largest absolute Gasteiger partial charge is 0.246 e. The van der Waals surface area contributed by atoms with E-state index in [1.165, 1.54) is 16.4 Å². The Hall–Kier alpha value is -0.300. The highest BCUT2D eigenvalue weighted by molar-refractivity contribution is 7.99.